The highest BCUT2D eigenvalue weighted by Gasteiger charge is 2.24. The van der Waals surface area contributed by atoms with E-state index in [0.717, 1.165) is 23.3 Å². The number of carbonyl (C=O) groups is 1. The first-order valence-corrected chi connectivity index (χ1v) is 7.35. The van der Waals surface area contributed by atoms with Crippen LogP contribution in [-0.4, -0.2) is 36.8 Å². The quantitative estimate of drug-likeness (QED) is 0.769. The molecule has 1 aromatic heterocycles. The fraction of sp³-hybridized carbons (Fsp3) is 0.438. The molecule has 3 N–H and O–H groups in total. The largest absolute Gasteiger partial charge is 0.461 e. The molecule has 2 aromatic rings. The number of hydrogen-bond donors (Lipinski definition) is 3. The Hall–Kier alpha value is -1.85. The van der Waals surface area contributed by atoms with Crippen molar-refractivity contribution in [1.82, 2.24) is 10.6 Å². The van der Waals surface area contributed by atoms with Gasteiger partial charge in [0.15, 0.2) is 0 Å². The van der Waals surface area contributed by atoms with Gasteiger partial charge in [0.1, 0.15) is 11.3 Å². The fourth-order valence-electron chi connectivity index (χ4n) is 2.66. The van der Waals surface area contributed by atoms with Crippen LogP contribution in [0.2, 0.25) is 0 Å². The highest BCUT2D eigenvalue weighted by molar-refractivity contribution is 5.78. The van der Waals surface area contributed by atoms with Crippen LogP contribution in [0, 0.1) is 5.92 Å². The van der Waals surface area contributed by atoms with Crippen LogP contribution in [-0.2, 0) is 11.2 Å². The molecule has 5 nitrogen and oxygen atoms in total. The molecule has 0 bridgehead atoms. The zero-order valence-corrected chi connectivity index (χ0v) is 11.8. The van der Waals surface area contributed by atoms with E-state index in [2.05, 4.69) is 10.6 Å². The lowest BCUT2D eigenvalue weighted by atomic mass is 10.1. The van der Waals surface area contributed by atoms with Gasteiger partial charge >= 0.3 is 0 Å². The Morgan fingerprint density at radius 2 is 2.24 bits per heavy atom. The molecular formula is C16H20N2O3. The maximum Gasteiger partial charge on any atom is 0.220 e. The number of rotatable bonds is 5. The number of fused-ring (bicyclic) bond motifs is 1. The summed E-state index contributed by atoms with van der Waals surface area (Å²) in [6.07, 6.45) is 0.628. The maximum atomic E-state index is 11.8. The van der Waals surface area contributed by atoms with Crippen LogP contribution in [0.3, 0.4) is 0 Å². The average Bonchev–Trinajstić information content (AvgIpc) is 3.08. The van der Waals surface area contributed by atoms with Crippen molar-refractivity contribution in [2.24, 2.45) is 5.92 Å². The number of benzene rings is 1. The maximum absolute atomic E-state index is 11.8. The number of β-amino-alcohol motifs (C(OH)–C–C–N with tert-alkyl or cyclic N) is 1. The highest BCUT2D eigenvalue weighted by atomic mass is 16.3. The number of carbonyl (C=O) groups excluding carboxylic acids is 1. The Balaban J connectivity index is 1.47. The van der Waals surface area contributed by atoms with Gasteiger partial charge in [-0.1, -0.05) is 18.2 Å². The SMILES string of the molecule is O=C(CCc1cc2ccccc2o1)NCC1CNCC1O. The van der Waals surface area contributed by atoms with Crippen molar-refractivity contribution < 1.29 is 14.3 Å². The van der Waals surface area contributed by atoms with Crippen LogP contribution in [0.15, 0.2) is 34.7 Å². The van der Waals surface area contributed by atoms with Gasteiger partial charge in [-0.25, -0.2) is 0 Å². The summed E-state index contributed by atoms with van der Waals surface area (Å²) in [5.74, 6) is 0.934. The van der Waals surface area contributed by atoms with E-state index >= 15 is 0 Å². The second-order valence-electron chi connectivity index (χ2n) is 5.54. The Labute approximate surface area is 123 Å². The first kappa shape index (κ1) is 14.1. The fourth-order valence-corrected chi connectivity index (χ4v) is 2.66. The van der Waals surface area contributed by atoms with Crippen LogP contribution in [0.1, 0.15) is 12.2 Å². The molecule has 1 aliphatic rings. The molecule has 0 aliphatic carbocycles. The van der Waals surface area contributed by atoms with Crippen LogP contribution in [0.25, 0.3) is 11.0 Å². The topological polar surface area (TPSA) is 74.5 Å². The lowest BCUT2D eigenvalue weighted by molar-refractivity contribution is -0.121. The van der Waals surface area contributed by atoms with Gasteiger partial charge in [0.2, 0.25) is 5.91 Å². The van der Waals surface area contributed by atoms with Crippen LogP contribution >= 0.6 is 0 Å². The minimum absolute atomic E-state index is 0.00504. The minimum Gasteiger partial charge on any atom is -0.461 e. The third-order valence-electron chi connectivity index (χ3n) is 3.94. The number of aliphatic hydroxyl groups excluding tert-OH is 1. The van der Waals surface area contributed by atoms with E-state index in [4.69, 9.17) is 4.42 Å². The van der Waals surface area contributed by atoms with Crippen molar-refractivity contribution in [3.8, 4) is 0 Å². The van der Waals surface area contributed by atoms with E-state index in [-0.39, 0.29) is 17.9 Å². The lowest BCUT2D eigenvalue weighted by Crippen LogP contribution is -2.34. The van der Waals surface area contributed by atoms with Crippen molar-refractivity contribution in [3.63, 3.8) is 0 Å². The first-order chi connectivity index (χ1) is 10.2. The van der Waals surface area contributed by atoms with Crippen molar-refractivity contribution in [1.29, 1.82) is 0 Å². The zero-order chi connectivity index (χ0) is 14.7. The van der Waals surface area contributed by atoms with Gasteiger partial charge in [-0.2, -0.15) is 0 Å². The summed E-state index contributed by atoms with van der Waals surface area (Å²) in [5, 5.41) is 16.7. The van der Waals surface area contributed by atoms with Crippen molar-refractivity contribution in [2.45, 2.75) is 18.9 Å². The van der Waals surface area contributed by atoms with Crippen molar-refractivity contribution >= 4 is 16.9 Å². The molecule has 2 atom stereocenters. The second-order valence-corrected chi connectivity index (χ2v) is 5.54. The number of amides is 1. The summed E-state index contributed by atoms with van der Waals surface area (Å²) in [6, 6.07) is 9.80. The molecule has 3 rings (SSSR count). The monoisotopic (exact) mass is 288 g/mol. The summed E-state index contributed by atoms with van der Waals surface area (Å²) < 4.78 is 5.68. The molecule has 5 heteroatoms. The number of nitrogens with one attached hydrogen (secondary N) is 2. The normalized spacial score (nSPS) is 21.8. The van der Waals surface area contributed by atoms with E-state index in [1.807, 2.05) is 30.3 Å². The molecule has 1 saturated heterocycles. The van der Waals surface area contributed by atoms with Gasteiger partial charge in [0.25, 0.3) is 0 Å². The van der Waals surface area contributed by atoms with Gasteiger partial charge in [0, 0.05) is 43.8 Å². The first-order valence-electron chi connectivity index (χ1n) is 7.35. The molecule has 1 amide bonds. The van der Waals surface area contributed by atoms with E-state index in [1.165, 1.54) is 0 Å². The van der Waals surface area contributed by atoms with E-state index in [9.17, 15) is 9.90 Å². The second kappa shape index (κ2) is 6.28. The number of hydrogen-bond acceptors (Lipinski definition) is 4. The molecule has 112 valence electrons. The van der Waals surface area contributed by atoms with Crippen molar-refractivity contribution in [3.05, 3.63) is 36.1 Å². The van der Waals surface area contributed by atoms with Gasteiger partial charge in [-0.15, -0.1) is 0 Å². The molecular weight excluding hydrogens is 268 g/mol. The number of aryl methyl sites for hydroxylation is 1. The molecule has 1 aromatic carbocycles. The highest BCUT2D eigenvalue weighted by Crippen LogP contribution is 2.19. The van der Waals surface area contributed by atoms with E-state index < -0.39 is 0 Å². The molecule has 1 fully saturated rings. The third-order valence-corrected chi connectivity index (χ3v) is 3.94. The summed E-state index contributed by atoms with van der Waals surface area (Å²) >= 11 is 0. The van der Waals surface area contributed by atoms with Gasteiger partial charge in [-0.05, 0) is 12.1 Å². The minimum atomic E-state index is -0.360. The Kier molecular flexibility index (Phi) is 4.22. The van der Waals surface area contributed by atoms with E-state index in [1.54, 1.807) is 0 Å². The number of aliphatic hydroxyl groups is 1. The zero-order valence-electron chi connectivity index (χ0n) is 11.8. The van der Waals surface area contributed by atoms with E-state index in [0.29, 0.717) is 25.9 Å². The Morgan fingerprint density at radius 1 is 1.38 bits per heavy atom. The third kappa shape index (κ3) is 3.43. The van der Waals surface area contributed by atoms with Gasteiger partial charge in [0.05, 0.1) is 6.10 Å². The van der Waals surface area contributed by atoms with Crippen LogP contribution in [0.5, 0.6) is 0 Å². The van der Waals surface area contributed by atoms with Crippen LogP contribution in [0.4, 0.5) is 0 Å². The Bertz CT molecular complexity index is 590. The summed E-state index contributed by atoms with van der Waals surface area (Å²) in [6.45, 7) is 1.89. The molecule has 1 aliphatic heterocycles. The average molecular weight is 288 g/mol. The molecule has 0 radical (unpaired) electrons. The standard InChI is InChI=1S/C16H20N2O3/c19-14-10-17-8-12(14)9-18-16(20)6-5-13-7-11-3-1-2-4-15(11)21-13/h1-4,7,12,14,17,19H,5-6,8-10H2,(H,18,20). The number of furan rings is 1. The summed E-state index contributed by atoms with van der Waals surface area (Å²) in [4.78, 5) is 11.8. The summed E-state index contributed by atoms with van der Waals surface area (Å²) in [5.41, 5.74) is 0.855. The predicted octanol–water partition coefficient (Wildman–Crippen LogP) is 1.06. The molecule has 21 heavy (non-hydrogen) atoms. The molecule has 0 spiro atoms. The molecule has 2 heterocycles. The Morgan fingerprint density at radius 3 is 3.00 bits per heavy atom. The molecule has 2 unspecified atom stereocenters. The molecule has 0 saturated carbocycles. The predicted molar refractivity (Wildman–Crippen MR) is 79.9 cm³/mol. The summed E-state index contributed by atoms with van der Waals surface area (Å²) in [7, 11) is 0. The van der Waals surface area contributed by atoms with Crippen molar-refractivity contribution in [2.75, 3.05) is 19.6 Å². The lowest BCUT2D eigenvalue weighted by Gasteiger charge is -2.13. The van der Waals surface area contributed by atoms with Gasteiger partial charge in [-0.3, -0.25) is 4.79 Å². The number of para-hydroxylation sites is 1. The smallest absolute Gasteiger partial charge is 0.220 e. The van der Waals surface area contributed by atoms with Gasteiger partial charge < -0.3 is 20.2 Å². The van der Waals surface area contributed by atoms with Crippen LogP contribution < -0.4 is 10.6 Å².